The van der Waals surface area contributed by atoms with Gasteiger partial charge in [0.15, 0.2) is 0 Å². The maximum atomic E-state index is 12.8. The van der Waals surface area contributed by atoms with Gasteiger partial charge in [0.1, 0.15) is 11.5 Å². The number of benzene rings is 1. The predicted octanol–water partition coefficient (Wildman–Crippen LogP) is 4.71. The third-order valence-corrected chi connectivity index (χ3v) is 3.85. The van der Waals surface area contributed by atoms with Crippen LogP contribution >= 0.6 is 0 Å². The molecular weight excluding hydrogens is 307 g/mol. The fraction of sp³-hybridized carbons (Fsp3) is 0.353. The Morgan fingerprint density at radius 3 is 2.35 bits per heavy atom. The van der Waals surface area contributed by atoms with E-state index in [9.17, 15) is 18.0 Å². The van der Waals surface area contributed by atoms with Crippen LogP contribution in [0.25, 0.3) is 0 Å². The second-order valence-corrected chi connectivity index (χ2v) is 5.53. The van der Waals surface area contributed by atoms with Gasteiger partial charge in [0.2, 0.25) is 0 Å². The van der Waals surface area contributed by atoms with Crippen LogP contribution in [0.5, 0.6) is 0 Å². The van der Waals surface area contributed by atoms with Crippen LogP contribution in [0.3, 0.4) is 0 Å². The molecule has 6 heteroatoms. The zero-order valence-corrected chi connectivity index (χ0v) is 13.3. The van der Waals surface area contributed by atoms with Gasteiger partial charge in [-0.1, -0.05) is 12.1 Å². The normalized spacial score (nSPS) is 13.0. The summed E-state index contributed by atoms with van der Waals surface area (Å²) in [5, 5.41) is 2.72. The van der Waals surface area contributed by atoms with Gasteiger partial charge in [0.05, 0.1) is 17.2 Å². The third kappa shape index (κ3) is 3.57. The zero-order chi connectivity index (χ0) is 17.4. The first kappa shape index (κ1) is 17.1. The molecule has 1 atom stereocenters. The van der Waals surface area contributed by atoms with Crippen LogP contribution in [-0.4, -0.2) is 5.91 Å². The SMILES string of the molecule is Cc1oc(C)c(C(=O)NC(C)c2cccc(C(F)(F)F)c2)c1C. The van der Waals surface area contributed by atoms with E-state index in [1.807, 2.05) is 0 Å². The van der Waals surface area contributed by atoms with Crippen LogP contribution in [0.1, 0.15) is 51.5 Å². The molecule has 3 nitrogen and oxygen atoms in total. The van der Waals surface area contributed by atoms with E-state index in [0.29, 0.717) is 22.6 Å². The monoisotopic (exact) mass is 325 g/mol. The van der Waals surface area contributed by atoms with Gasteiger partial charge in [-0.2, -0.15) is 13.2 Å². The van der Waals surface area contributed by atoms with Crippen molar-refractivity contribution in [3.8, 4) is 0 Å². The molecule has 0 radical (unpaired) electrons. The largest absolute Gasteiger partial charge is 0.466 e. The number of hydrogen-bond acceptors (Lipinski definition) is 2. The summed E-state index contributed by atoms with van der Waals surface area (Å²) in [6, 6.07) is 4.38. The molecule has 0 aliphatic rings. The van der Waals surface area contributed by atoms with Gasteiger partial charge in [0.25, 0.3) is 5.91 Å². The van der Waals surface area contributed by atoms with Gasteiger partial charge < -0.3 is 9.73 Å². The number of nitrogens with one attached hydrogen (secondary N) is 1. The summed E-state index contributed by atoms with van der Waals surface area (Å²) in [6.07, 6.45) is -4.41. The van der Waals surface area contributed by atoms with Crippen LogP contribution < -0.4 is 5.32 Å². The quantitative estimate of drug-likeness (QED) is 0.887. The van der Waals surface area contributed by atoms with E-state index in [2.05, 4.69) is 5.32 Å². The van der Waals surface area contributed by atoms with Gasteiger partial charge in [0, 0.05) is 5.56 Å². The van der Waals surface area contributed by atoms with Crippen LogP contribution in [-0.2, 0) is 6.18 Å². The molecule has 0 fully saturated rings. The van der Waals surface area contributed by atoms with Crippen molar-refractivity contribution in [2.45, 2.75) is 39.9 Å². The first-order valence-corrected chi connectivity index (χ1v) is 7.16. The minimum Gasteiger partial charge on any atom is -0.466 e. The average Bonchev–Trinajstić information content (AvgIpc) is 2.71. The summed E-state index contributed by atoms with van der Waals surface area (Å²) in [6.45, 7) is 6.86. The lowest BCUT2D eigenvalue weighted by molar-refractivity contribution is -0.137. The summed E-state index contributed by atoms with van der Waals surface area (Å²) in [5.41, 5.74) is 0.823. The maximum absolute atomic E-state index is 12.8. The number of hydrogen-bond donors (Lipinski definition) is 1. The van der Waals surface area contributed by atoms with Crippen molar-refractivity contribution in [2.75, 3.05) is 0 Å². The molecule has 0 saturated carbocycles. The molecule has 124 valence electrons. The van der Waals surface area contributed by atoms with Crippen molar-refractivity contribution in [1.82, 2.24) is 5.32 Å². The van der Waals surface area contributed by atoms with Gasteiger partial charge in [-0.05, 0) is 45.4 Å². The highest BCUT2D eigenvalue weighted by Crippen LogP contribution is 2.31. The van der Waals surface area contributed by atoms with E-state index in [-0.39, 0.29) is 5.91 Å². The summed E-state index contributed by atoms with van der Waals surface area (Å²) >= 11 is 0. The predicted molar refractivity (Wildman–Crippen MR) is 80.2 cm³/mol. The highest BCUT2D eigenvalue weighted by molar-refractivity contribution is 5.97. The Morgan fingerprint density at radius 2 is 1.83 bits per heavy atom. The van der Waals surface area contributed by atoms with Crippen LogP contribution in [0.15, 0.2) is 28.7 Å². The van der Waals surface area contributed by atoms with Crippen LogP contribution in [0.2, 0.25) is 0 Å². The van der Waals surface area contributed by atoms with E-state index in [1.54, 1.807) is 33.8 Å². The van der Waals surface area contributed by atoms with Crippen molar-refractivity contribution in [3.05, 3.63) is 58.0 Å². The highest BCUT2D eigenvalue weighted by atomic mass is 19.4. The second kappa shape index (κ2) is 6.10. The smallest absolute Gasteiger partial charge is 0.416 e. The number of carbonyl (C=O) groups excluding carboxylic acids is 1. The zero-order valence-electron chi connectivity index (χ0n) is 13.3. The average molecular weight is 325 g/mol. The molecule has 1 heterocycles. The minimum atomic E-state index is -4.41. The Bertz CT molecular complexity index is 732. The topological polar surface area (TPSA) is 42.2 Å². The molecular formula is C17H18F3NO2. The maximum Gasteiger partial charge on any atom is 0.416 e. The molecule has 2 rings (SSSR count). The van der Waals surface area contributed by atoms with E-state index >= 15 is 0 Å². The van der Waals surface area contributed by atoms with Crippen LogP contribution in [0.4, 0.5) is 13.2 Å². The molecule has 1 aromatic heterocycles. The van der Waals surface area contributed by atoms with Crippen molar-refractivity contribution < 1.29 is 22.4 Å². The minimum absolute atomic E-state index is 0.359. The third-order valence-electron chi connectivity index (χ3n) is 3.85. The van der Waals surface area contributed by atoms with Gasteiger partial charge in [-0.15, -0.1) is 0 Å². The number of rotatable bonds is 3. The molecule has 0 aliphatic carbocycles. The van der Waals surface area contributed by atoms with Crippen molar-refractivity contribution in [1.29, 1.82) is 0 Å². The first-order valence-electron chi connectivity index (χ1n) is 7.16. The molecule has 0 spiro atoms. The molecule has 1 unspecified atom stereocenters. The molecule has 23 heavy (non-hydrogen) atoms. The number of amides is 1. The Balaban J connectivity index is 2.22. The molecule has 0 bridgehead atoms. The van der Waals surface area contributed by atoms with Gasteiger partial charge >= 0.3 is 6.18 Å². The van der Waals surface area contributed by atoms with E-state index in [1.165, 1.54) is 6.07 Å². The van der Waals surface area contributed by atoms with Crippen LogP contribution in [0, 0.1) is 20.8 Å². The van der Waals surface area contributed by atoms with Crippen molar-refractivity contribution in [3.63, 3.8) is 0 Å². The van der Waals surface area contributed by atoms with Gasteiger partial charge in [-0.3, -0.25) is 4.79 Å². The molecule has 2 aromatic rings. The van der Waals surface area contributed by atoms with Gasteiger partial charge in [-0.25, -0.2) is 0 Å². The Hall–Kier alpha value is -2.24. The molecule has 1 amide bonds. The Labute approximate surface area is 132 Å². The highest BCUT2D eigenvalue weighted by Gasteiger charge is 2.31. The lowest BCUT2D eigenvalue weighted by Crippen LogP contribution is -2.27. The first-order chi connectivity index (χ1) is 10.6. The van der Waals surface area contributed by atoms with E-state index in [4.69, 9.17) is 4.42 Å². The lowest BCUT2D eigenvalue weighted by atomic mass is 10.0. The molecule has 1 aromatic carbocycles. The van der Waals surface area contributed by atoms with E-state index < -0.39 is 17.8 Å². The standard InChI is InChI=1S/C17H18F3NO2/c1-9-11(3)23-12(4)15(9)16(22)21-10(2)13-6-5-7-14(8-13)17(18,19)20/h5-8,10H,1-4H3,(H,21,22). The molecule has 0 saturated heterocycles. The van der Waals surface area contributed by atoms with Crippen molar-refractivity contribution in [2.24, 2.45) is 0 Å². The van der Waals surface area contributed by atoms with E-state index in [0.717, 1.165) is 17.7 Å². The molecule has 1 N–H and O–H groups in total. The fourth-order valence-electron chi connectivity index (χ4n) is 2.46. The summed E-state index contributed by atoms with van der Waals surface area (Å²) in [5.74, 6) is 0.787. The summed E-state index contributed by atoms with van der Waals surface area (Å²) < 4.78 is 43.7. The Kier molecular flexibility index (Phi) is 4.54. The fourth-order valence-corrected chi connectivity index (χ4v) is 2.46. The number of halogens is 3. The van der Waals surface area contributed by atoms with Crippen molar-refractivity contribution >= 4 is 5.91 Å². The summed E-state index contributed by atoms with van der Waals surface area (Å²) in [4.78, 5) is 12.4. The number of aryl methyl sites for hydroxylation is 2. The number of furan rings is 1. The number of alkyl halides is 3. The molecule has 0 aliphatic heterocycles. The Morgan fingerprint density at radius 1 is 1.17 bits per heavy atom. The summed E-state index contributed by atoms with van der Waals surface area (Å²) in [7, 11) is 0. The lowest BCUT2D eigenvalue weighted by Gasteiger charge is -2.16. The second-order valence-electron chi connectivity index (χ2n) is 5.53. The number of carbonyl (C=O) groups is 1.